The molecule has 24 heavy (non-hydrogen) atoms. The van der Waals surface area contributed by atoms with Crippen LogP contribution in [0.1, 0.15) is 21.7 Å². The minimum absolute atomic E-state index is 0.133. The van der Waals surface area contributed by atoms with Crippen molar-refractivity contribution in [3.05, 3.63) is 53.5 Å². The van der Waals surface area contributed by atoms with Gasteiger partial charge in [-0.1, -0.05) is 18.2 Å². The zero-order valence-corrected chi connectivity index (χ0v) is 14.4. The highest BCUT2D eigenvalue weighted by Gasteiger charge is 2.13. The molecular formula is C18H21N5O. The van der Waals surface area contributed by atoms with E-state index in [9.17, 15) is 4.79 Å². The van der Waals surface area contributed by atoms with Crippen LogP contribution in [0.25, 0.3) is 10.9 Å². The summed E-state index contributed by atoms with van der Waals surface area (Å²) < 4.78 is 1.96. The standard InChI is InChI=1S/C18H21N5O/c1-12-8-9-13-6-5-7-15(16(13)21-12)17(24)19-10-14-11-20-18(22(2)3)23(14)4/h5-9,11H,10H2,1-4H3,(H,19,24). The molecule has 0 aliphatic rings. The number of amides is 1. The third-order valence-corrected chi connectivity index (χ3v) is 3.99. The van der Waals surface area contributed by atoms with Crippen LogP contribution in [0.5, 0.6) is 0 Å². The Balaban J connectivity index is 1.82. The van der Waals surface area contributed by atoms with E-state index in [0.717, 1.165) is 28.2 Å². The van der Waals surface area contributed by atoms with Crippen molar-refractivity contribution in [2.24, 2.45) is 7.05 Å². The molecule has 0 atom stereocenters. The van der Waals surface area contributed by atoms with Gasteiger partial charge in [0.05, 0.1) is 29.5 Å². The number of carbonyl (C=O) groups is 1. The van der Waals surface area contributed by atoms with Gasteiger partial charge in [-0.15, -0.1) is 0 Å². The molecule has 3 rings (SSSR count). The maximum absolute atomic E-state index is 12.6. The van der Waals surface area contributed by atoms with Crippen LogP contribution < -0.4 is 10.2 Å². The number of pyridine rings is 1. The first kappa shape index (κ1) is 16.0. The number of imidazole rings is 1. The van der Waals surface area contributed by atoms with E-state index in [-0.39, 0.29) is 5.91 Å². The first-order chi connectivity index (χ1) is 11.5. The van der Waals surface area contributed by atoms with Gasteiger partial charge in [-0.2, -0.15) is 0 Å². The lowest BCUT2D eigenvalue weighted by Gasteiger charge is -2.13. The number of rotatable bonds is 4. The number of carbonyl (C=O) groups excluding carboxylic acids is 1. The first-order valence-corrected chi connectivity index (χ1v) is 7.80. The molecule has 2 heterocycles. The Kier molecular flexibility index (Phi) is 4.20. The number of nitrogens with zero attached hydrogens (tertiary/aromatic N) is 4. The molecule has 0 fully saturated rings. The molecule has 0 bridgehead atoms. The van der Waals surface area contributed by atoms with Gasteiger partial charge in [0.25, 0.3) is 5.91 Å². The lowest BCUT2D eigenvalue weighted by molar-refractivity contribution is 0.0951. The number of nitrogens with one attached hydrogen (secondary N) is 1. The molecule has 0 aliphatic carbocycles. The van der Waals surface area contributed by atoms with Crippen molar-refractivity contribution in [3.8, 4) is 0 Å². The molecule has 1 amide bonds. The molecule has 124 valence electrons. The van der Waals surface area contributed by atoms with E-state index >= 15 is 0 Å². The van der Waals surface area contributed by atoms with Crippen molar-refractivity contribution in [2.45, 2.75) is 13.5 Å². The highest BCUT2D eigenvalue weighted by Crippen LogP contribution is 2.17. The summed E-state index contributed by atoms with van der Waals surface area (Å²) in [4.78, 5) is 23.4. The third kappa shape index (κ3) is 2.95. The minimum atomic E-state index is -0.133. The molecule has 6 nitrogen and oxygen atoms in total. The summed E-state index contributed by atoms with van der Waals surface area (Å²) in [6, 6.07) is 9.57. The molecule has 6 heteroatoms. The van der Waals surface area contributed by atoms with Gasteiger partial charge < -0.3 is 14.8 Å². The van der Waals surface area contributed by atoms with Crippen molar-refractivity contribution < 1.29 is 4.79 Å². The molecule has 2 aromatic heterocycles. The van der Waals surface area contributed by atoms with Crippen LogP contribution in [-0.4, -0.2) is 34.5 Å². The topological polar surface area (TPSA) is 63.1 Å². The maximum Gasteiger partial charge on any atom is 0.253 e. The normalized spacial score (nSPS) is 10.8. The Morgan fingerprint density at radius 1 is 1.25 bits per heavy atom. The van der Waals surface area contributed by atoms with Gasteiger partial charge in [0.1, 0.15) is 0 Å². The lowest BCUT2D eigenvalue weighted by Crippen LogP contribution is -2.24. The van der Waals surface area contributed by atoms with Crippen molar-refractivity contribution in [3.63, 3.8) is 0 Å². The number of hydrogen-bond donors (Lipinski definition) is 1. The fraction of sp³-hybridized carbons (Fsp3) is 0.278. The predicted octanol–water partition coefficient (Wildman–Crippen LogP) is 2.27. The minimum Gasteiger partial charge on any atom is -0.348 e. The monoisotopic (exact) mass is 323 g/mol. The molecule has 0 spiro atoms. The van der Waals surface area contributed by atoms with Crippen LogP contribution in [0.2, 0.25) is 0 Å². The second-order valence-electron chi connectivity index (χ2n) is 6.02. The summed E-state index contributed by atoms with van der Waals surface area (Å²) >= 11 is 0. The van der Waals surface area contributed by atoms with Crippen molar-refractivity contribution >= 4 is 22.8 Å². The predicted molar refractivity (Wildman–Crippen MR) is 95.2 cm³/mol. The average Bonchev–Trinajstić information content (AvgIpc) is 2.93. The Bertz CT molecular complexity index is 898. The second kappa shape index (κ2) is 6.31. The zero-order chi connectivity index (χ0) is 17.3. The summed E-state index contributed by atoms with van der Waals surface area (Å²) in [7, 11) is 5.82. The summed E-state index contributed by atoms with van der Waals surface area (Å²) in [5.74, 6) is 0.716. The molecular weight excluding hydrogens is 302 g/mol. The quantitative estimate of drug-likeness (QED) is 0.800. The van der Waals surface area contributed by atoms with Gasteiger partial charge in [-0.05, 0) is 19.1 Å². The van der Waals surface area contributed by atoms with E-state index in [1.54, 1.807) is 12.3 Å². The first-order valence-electron chi connectivity index (χ1n) is 7.80. The number of benzene rings is 1. The highest BCUT2D eigenvalue weighted by atomic mass is 16.1. The van der Waals surface area contributed by atoms with Crippen LogP contribution in [0.3, 0.4) is 0 Å². The Hall–Kier alpha value is -2.89. The fourth-order valence-electron chi connectivity index (χ4n) is 2.71. The van der Waals surface area contributed by atoms with Gasteiger partial charge in [-0.3, -0.25) is 9.78 Å². The van der Waals surface area contributed by atoms with Crippen LogP contribution in [0, 0.1) is 6.92 Å². The Morgan fingerprint density at radius 3 is 2.75 bits per heavy atom. The van der Waals surface area contributed by atoms with E-state index in [4.69, 9.17) is 0 Å². The van der Waals surface area contributed by atoms with Crippen LogP contribution in [-0.2, 0) is 13.6 Å². The van der Waals surface area contributed by atoms with E-state index in [2.05, 4.69) is 15.3 Å². The molecule has 0 saturated carbocycles. The molecule has 3 aromatic rings. The number of aryl methyl sites for hydroxylation is 1. The van der Waals surface area contributed by atoms with Gasteiger partial charge in [0.15, 0.2) is 0 Å². The maximum atomic E-state index is 12.6. The second-order valence-corrected chi connectivity index (χ2v) is 6.02. The molecule has 0 unspecified atom stereocenters. The molecule has 0 saturated heterocycles. The van der Waals surface area contributed by atoms with Crippen molar-refractivity contribution in [1.82, 2.24) is 19.9 Å². The fourth-order valence-corrected chi connectivity index (χ4v) is 2.71. The smallest absolute Gasteiger partial charge is 0.253 e. The van der Waals surface area contributed by atoms with E-state index in [0.29, 0.717) is 12.1 Å². The Morgan fingerprint density at radius 2 is 2.04 bits per heavy atom. The summed E-state index contributed by atoms with van der Waals surface area (Å²) in [6.45, 7) is 2.34. The highest BCUT2D eigenvalue weighted by molar-refractivity contribution is 6.05. The third-order valence-electron chi connectivity index (χ3n) is 3.99. The average molecular weight is 323 g/mol. The number of aromatic nitrogens is 3. The van der Waals surface area contributed by atoms with Crippen LogP contribution in [0.15, 0.2) is 36.5 Å². The Labute approximate surface area is 141 Å². The summed E-state index contributed by atoms with van der Waals surface area (Å²) in [5.41, 5.74) is 3.15. The zero-order valence-electron chi connectivity index (χ0n) is 14.4. The van der Waals surface area contributed by atoms with Gasteiger partial charge in [-0.25, -0.2) is 4.98 Å². The van der Waals surface area contributed by atoms with Crippen molar-refractivity contribution in [1.29, 1.82) is 0 Å². The van der Waals surface area contributed by atoms with E-state index < -0.39 is 0 Å². The largest absolute Gasteiger partial charge is 0.348 e. The van der Waals surface area contributed by atoms with Gasteiger partial charge >= 0.3 is 0 Å². The van der Waals surface area contributed by atoms with Crippen molar-refractivity contribution in [2.75, 3.05) is 19.0 Å². The molecule has 0 radical (unpaired) electrons. The summed E-state index contributed by atoms with van der Waals surface area (Å²) in [5, 5.41) is 3.92. The van der Waals surface area contributed by atoms with Gasteiger partial charge in [0.2, 0.25) is 5.95 Å². The van der Waals surface area contributed by atoms with Crippen LogP contribution in [0.4, 0.5) is 5.95 Å². The SMILES string of the molecule is Cc1ccc2cccc(C(=O)NCc3cnc(N(C)C)n3C)c2n1. The number of fused-ring (bicyclic) bond motifs is 1. The molecule has 1 aromatic carbocycles. The number of anilines is 1. The van der Waals surface area contributed by atoms with Gasteiger partial charge in [0, 0.05) is 32.2 Å². The lowest BCUT2D eigenvalue weighted by atomic mass is 10.1. The number of hydrogen-bond acceptors (Lipinski definition) is 4. The number of para-hydroxylation sites is 1. The van der Waals surface area contributed by atoms with E-state index in [1.165, 1.54) is 0 Å². The molecule has 1 N–H and O–H groups in total. The van der Waals surface area contributed by atoms with Crippen LogP contribution >= 0.6 is 0 Å². The summed E-state index contributed by atoms with van der Waals surface area (Å²) in [6.07, 6.45) is 1.78. The molecule has 0 aliphatic heterocycles. The van der Waals surface area contributed by atoms with E-state index in [1.807, 2.05) is 61.8 Å².